The Kier molecular flexibility index (Phi) is 13.9. The average molecular weight is 247 g/mol. The zero-order valence-electron chi connectivity index (χ0n) is 11.6. The molecule has 0 fully saturated rings. The molecule has 0 aromatic rings. The molecule has 102 valence electrons. The lowest BCUT2D eigenvalue weighted by Gasteiger charge is -2.11. The van der Waals surface area contributed by atoms with Crippen LogP contribution < -0.4 is 0 Å². The van der Waals surface area contributed by atoms with Crippen LogP contribution in [0.3, 0.4) is 0 Å². The number of amides is 1. The van der Waals surface area contributed by atoms with Crippen molar-refractivity contribution in [1.29, 1.82) is 0 Å². The van der Waals surface area contributed by atoms with Crippen molar-refractivity contribution in [3.05, 3.63) is 0 Å². The maximum atomic E-state index is 10.8. The maximum absolute atomic E-state index is 10.8. The molecule has 17 heavy (non-hydrogen) atoms. The molecule has 5 heteroatoms. The Morgan fingerprint density at radius 3 is 1.94 bits per heavy atom. The number of nitrogens with zero attached hydrogens (tertiary/aromatic N) is 1. The van der Waals surface area contributed by atoms with Gasteiger partial charge in [-0.05, 0) is 19.8 Å². The Hall–Kier alpha value is -1.10. The number of esters is 1. The van der Waals surface area contributed by atoms with Gasteiger partial charge in [0.25, 0.3) is 0 Å². The first-order valence-electron chi connectivity index (χ1n) is 5.99. The minimum atomic E-state index is -0.0880. The number of carbonyl (C=O) groups excluding carboxylic acids is 2. The molecule has 0 heterocycles. The Balaban J connectivity index is 0. The molecular weight excluding hydrogens is 222 g/mol. The molecule has 0 aliphatic rings. The van der Waals surface area contributed by atoms with E-state index in [1.165, 1.54) is 12.2 Å². The summed E-state index contributed by atoms with van der Waals surface area (Å²) in [4.78, 5) is 25.8. The fourth-order valence-electron chi connectivity index (χ4n) is 0.910. The number of hydroxylamine groups is 2. The van der Waals surface area contributed by atoms with Gasteiger partial charge in [-0.3, -0.25) is 14.4 Å². The van der Waals surface area contributed by atoms with E-state index in [4.69, 9.17) is 0 Å². The van der Waals surface area contributed by atoms with Crippen molar-refractivity contribution >= 4 is 11.9 Å². The fourth-order valence-corrected chi connectivity index (χ4v) is 0.910. The second kappa shape index (κ2) is 13.0. The van der Waals surface area contributed by atoms with Gasteiger partial charge in [0, 0.05) is 19.9 Å². The van der Waals surface area contributed by atoms with E-state index in [0.29, 0.717) is 19.4 Å². The van der Waals surface area contributed by atoms with Gasteiger partial charge in [-0.15, -0.1) is 0 Å². The molecule has 0 unspecified atom stereocenters. The number of rotatable bonds is 6. The SMILES string of the molecule is CCCC(=O)N(C)OC.CCCC(=O)OCC. The predicted molar refractivity (Wildman–Crippen MR) is 66.2 cm³/mol. The van der Waals surface area contributed by atoms with Gasteiger partial charge in [0.1, 0.15) is 0 Å². The van der Waals surface area contributed by atoms with Crippen LogP contribution in [-0.4, -0.2) is 37.7 Å². The van der Waals surface area contributed by atoms with Crippen molar-refractivity contribution in [2.75, 3.05) is 20.8 Å². The highest BCUT2D eigenvalue weighted by atomic mass is 16.7. The van der Waals surface area contributed by atoms with Gasteiger partial charge >= 0.3 is 5.97 Å². The molecule has 0 aromatic heterocycles. The van der Waals surface area contributed by atoms with Gasteiger partial charge < -0.3 is 4.74 Å². The van der Waals surface area contributed by atoms with Crippen molar-refractivity contribution in [1.82, 2.24) is 5.06 Å². The van der Waals surface area contributed by atoms with Crippen molar-refractivity contribution in [2.24, 2.45) is 0 Å². The molecule has 0 N–H and O–H groups in total. The summed E-state index contributed by atoms with van der Waals surface area (Å²) in [6.45, 7) is 6.23. The predicted octanol–water partition coefficient (Wildman–Crippen LogP) is 2.16. The Morgan fingerprint density at radius 2 is 1.59 bits per heavy atom. The lowest BCUT2D eigenvalue weighted by atomic mass is 10.3. The van der Waals surface area contributed by atoms with E-state index in [0.717, 1.165) is 12.8 Å². The summed E-state index contributed by atoms with van der Waals surface area (Å²) < 4.78 is 4.64. The van der Waals surface area contributed by atoms with Gasteiger partial charge in [0.05, 0.1) is 13.7 Å². The maximum Gasteiger partial charge on any atom is 0.305 e. The second-order valence-electron chi connectivity index (χ2n) is 3.38. The van der Waals surface area contributed by atoms with Gasteiger partial charge in [-0.2, -0.15) is 0 Å². The molecule has 0 rings (SSSR count). The summed E-state index contributed by atoms with van der Waals surface area (Å²) in [5.74, 6) is -0.0602. The molecule has 0 atom stereocenters. The van der Waals surface area contributed by atoms with Gasteiger partial charge in [0.15, 0.2) is 0 Å². The number of ether oxygens (including phenoxy) is 1. The highest BCUT2D eigenvalue weighted by Gasteiger charge is 2.03. The normalized spacial score (nSPS) is 9.00. The van der Waals surface area contributed by atoms with Crippen molar-refractivity contribution in [3.63, 3.8) is 0 Å². The zero-order valence-corrected chi connectivity index (χ0v) is 11.6. The number of carbonyl (C=O) groups is 2. The topological polar surface area (TPSA) is 55.8 Å². The Labute approximate surface area is 104 Å². The van der Waals surface area contributed by atoms with Crippen molar-refractivity contribution in [3.8, 4) is 0 Å². The third kappa shape index (κ3) is 12.8. The average Bonchev–Trinajstić information content (AvgIpc) is 2.30. The molecule has 0 aromatic carbocycles. The van der Waals surface area contributed by atoms with Crippen LogP contribution in [0.2, 0.25) is 0 Å². The number of hydrogen-bond acceptors (Lipinski definition) is 4. The molecule has 0 saturated heterocycles. The molecule has 0 bridgehead atoms. The molecule has 0 saturated carbocycles. The van der Waals surface area contributed by atoms with Crippen molar-refractivity contribution < 1.29 is 19.2 Å². The summed E-state index contributed by atoms with van der Waals surface area (Å²) >= 11 is 0. The Morgan fingerprint density at radius 1 is 1.06 bits per heavy atom. The van der Waals surface area contributed by atoms with E-state index in [2.05, 4.69) is 9.57 Å². The van der Waals surface area contributed by atoms with E-state index < -0.39 is 0 Å². The van der Waals surface area contributed by atoms with Crippen LogP contribution in [0.4, 0.5) is 0 Å². The van der Waals surface area contributed by atoms with Crippen LogP contribution in [0, 0.1) is 0 Å². The van der Waals surface area contributed by atoms with Crippen LogP contribution >= 0.6 is 0 Å². The monoisotopic (exact) mass is 247 g/mol. The molecule has 0 aliphatic heterocycles. The van der Waals surface area contributed by atoms with E-state index in [1.807, 2.05) is 20.8 Å². The van der Waals surface area contributed by atoms with E-state index in [1.54, 1.807) is 7.05 Å². The lowest BCUT2D eigenvalue weighted by molar-refractivity contribution is -0.168. The van der Waals surface area contributed by atoms with Crippen LogP contribution in [0.5, 0.6) is 0 Å². The highest BCUT2D eigenvalue weighted by Crippen LogP contribution is 1.93. The van der Waals surface area contributed by atoms with Crippen LogP contribution in [-0.2, 0) is 19.2 Å². The summed E-state index contributed by atoms with van der Waals surface area (Å²) in [7, 11) is 3.09. The summed E-state index contributed by atoms with van der Waals surface area (Å²) in [5.41, 5.74) is 0. The first-order valence-corrected chi connectivity index (χ1v) is 5.99. The fraction of sp³-hybridized carbons (Fsp3) is 0.833. The van der Waals surface area contributed by atoms with E-state index in [9.17, 15) is 9.59 Å². The summed E-state index contributed by atoms with van der Waals surface area (Å²) in [6.07, 6.45) is 2.85. The summed E-state index contributed by atoms with van der Waals surface area (Å²) in [5, 5.41) is 1.24. The molecule has 1 amide bonds. The Bertz CT molecular complexity index is 199. The van der Waals surface area contributed by atoms with Crippen LogP contribution in [0.1, 0.15) is 46.5 Å². The smallest absolute Gasteiger partial charge is 0.305 e. The highest BCUT2D eigenvalue weighted by molar-refractivity contribution is 5.74. The third-order valence-corrected chi connectivity index (χ3v) is 1.85. The summed E-state index contributed by atoms with van der Waals surface area (Å²) in [6, 6.07) is 0. The third-order valence-electron chi connectivity index (χ3n) is 1.85. The quantitative estimate of drug-likeness (QED) is 0.533. The first-order chi connectivity index (χ1) is 8.03. The number of hydrogen-bond donors (Lipinski definition) is 0. The van der Waals surface area contributed by atoms with Crippen LogP contribution in [0.25, 0.3) is 0 Å². The standard InChI is InChI=1S/C6H13NO2.C6H12O2/c1-4-5-6(8)7(2)9-3;1-3-5-6(7)8-4-2/h4-5H2,1-3H3;3-5H2,1-2H3. The second-order valence-corrected chi connectivity index (χ2v) is 3.38. The van der Waals surface area contributed by atoms with Gasteiger partial charge in [0.2, 0.25) is 5.91 Å². The van der Waals surface area contributed by atoms with Gasteiger partial charge in [-0.1, -0.05) is 13.8 Å². The minimum Gasteiger partial charge on any atom is -0.466 e. The van der Waals surface area contributed by atoms with E-state index in [-0.39, 0.29) is 11.9 Å². The first kappa shape index (κ1) is 18.3. The largest absolute Gasteiger partial charge is 0.466 e. The minimum absolute atomic E-state index is 0.0278. The zero-order chi connectivity index (χ0) is 13.7. The van der Waals surface area contributed by atoms with Gasteiger partial charge in [-0.25, -0.2) is 5.06 Å². The molecule has 0 radical (unpaired) electrons. The molecular formula is C12H25NO4. The molecule has 0 spiro atoms. The van der Waals surface area contributed by atoms with E-state index >= 15 is 0 Å². The van der Waals surface area contributed by atoms with Crippen LogP contribution in [0.15, 0.2) is 0 Å². The molecule has 0 aliphatic carbocycles. The lowest BCUT2D eigenvalue weighted by Crippen LogP contribution is -2.24. The van der Waals surface area contributed by atoms with Crippen molar-refractivity contribution in [2.45, 2.75) is 46.5 Å². The molecule has 5 nitrogen and oxygen atoms in total.